The molecule has 0 aliphatic heterocycles. The Morgan fingerprint density at radius 2 is 1.86 bits per heavy atom. The molecule has 0 bridgehead atoms. The fourth-order valence-electron chi connectivity index (χ4n) is 6.53. The molecule has 50 heavy (non-hydrogen) atoms. The van der Waals surface area contributed by atoms with E-state index in [1.807, 2.05) is 43.3 Å². The summed E-state index contributed by atoms with van der Waals surface area (Å²) < 4.78 is 33.0. The molecule has 2 heterocycles. The zero-order chi connectivity index (χ0) is 35.0. The Hall–Kier alpha value is -4.77. The van der Waals surface area contributed by atoms with Crippen molar-refractivity contribution < 1.29 is 28.2 Å². The number of aromatic nitrogens is 2. The number of nitrogens with zero attached hydrogens (tertiary/aromatic N) is 2. The van der Waals surface area contributed by atoms with Crippen LogP contribution in [0.15, 0.2) is 67.0 Å². The number of methoxy groups -OCH3 is 1. The van der Waals surface area contributed by atoms with E-state index in [0.29, 0.717) is 65.6 Å². The molecule has 0 amide bonds. The fourth-order valence-corrected chi connectivity index (χ4v) is 7.01. The van der Waals surface area contributed by atoms with E-state index in [0.717, 1.165) is 33.9 Å². The Kier molecular flexibility index (Phi) is 9.34. The van der Waals surface area contributed by atoms with Crippen molar-refractivity contribution in [1.82, 2.24) is 15.3 Å². The molecule has 1 unspecified atom stereocenters. The highest BCUT2D eigenvalue weighted by Gasteiger charge is 2.51. The van der Waals surface area contributed by atoms with Crippen LogP contribution in [0.1, 0.15) is 59.3 Å². The maximum absolute atomic E-state index is 15.8. The summed E-state index contributed by atoms with van der Waals surface area (Å²) in [5.74, 6) is -0.0581. The summed E-state index contributed by atoms with van der Waals surface area (Å²) in [7, 11) is 1.34. The Labute approximate surface area is 298 Å². The van der Waals surface area contributed by atoms with Crippen molar-refractivity contribution in [3.05, 3.63) is 105 Å². The van der Waals surface area contributed by atoms with Crippen molar-refractivity contribution in [2.75, 3.05) is 19.0 Å². The number of pyridine rings is 2. The summed E-state index contributed by atoms with van der Waals surface area (Å²) in [4.78, 5) is 32.4. The van der Waals surface area contributed by atoms with Crippen LogP contribution in [0, 0.1) is 5.82 Å². The van der Waals surface area contributed by atoms with Crippen LogP contribution in [-0.2, 0) is 22.5 Å². The van der Waals surface area contributed by atoms with Crippen LogP contribution in [-0.4, -0.2) is 41.5 Å². The number of halogens is 3. The number of anilines is 2. The third-order valence-corrected chi connectivity index (χ3v) is 10.0. The Morgan fingerprint density at radius 1 is 1.06 bits per heavy atom. The summed E-state index contributed by atoms with van der Waals surface area (Å²) in [6, 6.07) is 16.9. The Morgan fingerprint density at radius 3 is 2.62 bits per heavy atom. The maximum Gasteiger partial charge on any atom is 0.326 e. The van der Waals surface area contributed by atoms with Gasteiger partial charge in [-0.2, -0.15) is 0 Å². The minimum Gasteiger partial charge on any atom is -0.493 e. The van der Waals surface area contributed by atoms with Crippen LogP contribution < -0.4 is 20.1 Å². The number of esters is 1. The number of carbonyl (C=O) groups is 2. The van der Waals surface area contributed by atoms with E-state index in [-0.39, 0.29) is 28.8 Å². The molecule has 7 rings (SSSR count). The highest BCUT2D eigenvalue weighted by atomic mass is 35.5. The van der Waals surface area contributed by atoms with Crippen molar-refractivity contribution in [2.24, 2.45) is 0 Å². The molecule has 2 aliphatic carbocycles. The average molecular weight is 716 g/mol. The monoisotopic (exact) mass is 714 g/mol. The minimum atomic E-state index is -0.817. The first-order chi connectivity index (χ1) is 24.3. The van der Waals surface area contributed by atoms with Gasteiger partial charge in [-0.25, -0.2) is 9.37 Å². The van der Waals surface area contributed by atoms with E-state index in [1.165, 1.54) is 13.3 Å². The van der Waals surface area contributed by atoms with Crippen molar-refractivity contribution in [1.29, 1.82) is 0 Å². The van der Waals surface area contributed by atoms with Crippen molar-refractivity contribution >= 4 is 57.9 Å². The highest BCUT2D eigenvalue weighted by Crippen LogP contribution is 2.46. The molecule has 2 aromatic heterocycles. The molecule has 1 saturated carbocycles. The first-order valence-electron chi connectivity index (χ1n) is 16.3. The largest absolute Gasteiger partial charge is 0.493 e. The van der Waals surface area contributed by atoms with E-state index in [4.69, 9.17) is 37.4 Å². The second-order valence-corrected chi connectivity index (χ2v) is 13.0. The van der Waals surface area contributed by atoms with E-state index in [2.05, 4.69) is 20.6 Å². The number of aldehydes is 1. The smallest absolute Gasteiger partial charge is 0.326 e. The second kappa shape index (κ2) is 13.9. The van der Waals surface area contributed by atoms with Gasteiger partial charge < -0.3 is 19.5 Å². The van der Waals surface area contributed by atoms with Crippen LogP contribution >= 0.6 is 23.2 Å². The Balaban J connectivity index is 1.15. The first-order valence-corrected chi connectivity index (χ1v) is 17.0. The molecule has 2 N–H and O–H groups in total. The molecular formula is C38H33Cl2FN4O5. The number of hydrogen-bond acceptors (Lipinski definition) is 9. The normalized spacial score (nSPS) is 15.7. The summed E-state index contributed by atoms with van der Waals surface area (Å²) in [5, 5.41) is 7.59. The van der Waals surface area contributed by atoms with Gasteiger partial charge in [0.05, 0.1) is 24.4 Å². The molecular weight excluding hydrogens is 682 g/mol. The van der Waals surface area contributed by atoms with Crippen molar-refractivity contribution in [2.45, 2.75) is 50.8 Å². The lowest BCUT2D eigenvalue weighted by Gasteiger charge is -2.21. The van der Waals surface area contributed by atoms with Crippen LogP contribution in [0.25, 0.3) is 22.0 Å². The molecule has 3 aromatic carbocycles. The molecule has 256 valence electrons. The summed E-state index contributed by atoms with van der Waals surface area (Å²) in [5.41, 5.74) is 4.94. The van der Waals surface area contributed by atoms with Crippen LogP contribution in [0.3, 0.4) is 0 Å². The highest BCUT2D eigenvalue weighted by molar-refractivity contribution is 6.36. The third-order valence-electron chi connectivity index (χ3n) is 9.25. The van der Waals surface area contributed by atoms with Gasteiger partial charge in [0, 0.05) is 47.1 Å². The predicted octanol–water partition coefficient (Wildman–Crippen LogP) is 8.56. The van der Waals surface area contributed by atoms with Gasteiger partial charge in [-0.05, 0) is 67.5 Å². The van der Waals surface area contributed by atoms with Gasteiger partial charge in [-0.1, -0.05) is 53.5 Å². The molecule has 1 fully saturated rings. The lowest BCUT2D eigenvalue weighted by Crippen LogP contribution is -2.39. The zero-order valence-corrected chi connectivity index (χ0v) is 28.8. The number of ether oxygens (including phenoxy) is 3. The molecule has 0 radical (unpaired) electrons. The number of nitrogens with one attached hydrogen (secondary N) is 2. The van der Waals surface area contributed by atoms with Crippen molar-refractivity contribution in [3.63, 3.8) is 0 Å². The van der Waals surface area contributed by atoms with E-state index < -0.39 is 17.5 Å². The molecule has 0 saturated heterocycles. The average Bonchev–Trinajstić information content (AvgIpc) is 3.82. The van der Waals surface area contributed by atoms with Crippen LogP contribution in [0.4, 0.5) is 15.9 Å². The van der Waals surface area contributed by atoms with E-state index >= 15 is 4.39 Å². The molecule has 0 spiro atoms. The summed E-state index contributed by atoms with van der Waals surface area (Å²) >= 11 is 13.6. The van der Waals surface area contributed by atoms with E-state index in [9.17, 15) is 9.59 Å². The van der Waals surface area contributed by atoms with Crippen LogP contribution in [0.2, 0.25) is 10.0 Å². The third kappa shape index (κ3) is 6.23. The number of hydrogen-bond donors (Lipinski definition) is 2. The molecule has 9 nitrogen and oxygen atoms in total. The quantitative estimate of drug-likeness (QED) is 0.0970. The molecule has 12 heteroatoms. The SMILES string of the molecule is CCOc1cc(OC2CCc3c(-c4cccc(Nc5nccc6cc(C=O)cnc56)c4Cl)cccc32)c(Cl)c(F)c1CNC1(C(=O)OC)CC1. The minimum absolute atomic E-state index is 0.0364. The van der Waals surface area contributed by atoms with E-state index in [1.54, 1.807) is 24.4 Å². The van der Waals surface area contributed by atoms with Gasteiger partial charge in [0.2, 0.25) is 0 Å². The first kappa shape index (κ1) is 33.7. The predicted molar refractivity (Wildman–Crippen MR) is 190 cm³/mol. The topological polar surface area (TPSA) is 112 Å². The van der Waals surface area contributed by atoms with Gasteiger partial charge in [-0.3, -0.25) is 19.9 Å². The van der Waals surface area contributed by atoms with Gasteiger partial charge >= 0.3 is 5.97 Å². The fraction of sp³-hybridized carbons (Fsp3) is 0.263. The number of benzene rings is 3. The van der Waals surface area contributed by atoms with Gasteiger partial charge in [0.15, 0.2) is 17.9 Å². The lowest BCUT2D eigenvalue weighted by atomic mass is 9.96. The van der Waals surface area contributed by atoms with Crippen LogP contribution in [0.5, 0.6) is 11.5 Å². The van der Waals surface area contributed by atoms with Gasteiger partial charge in [0.1, 0.15) is 33.7 Å². The summed E-state index contributed by atoms with van der Waals surface area (Å²) in [6.07, 6.45) is 6.09. The number of carbonyl (C=O) groups excluding carboxylic acids is 2. The maximum atomic E-state index is 15.8. The molecule has 2 aliphatic rings. The van der Waals surface area contributed by atoms with Gasteiger partial charge in [-0.15, -0.1) is 0 Å². The summed E-state index contributed by atoms with van der Waals surface area (Å²) in [6.45, 7) is 2.15. The lowest BCUT2D eigenvalue weighted by molar-refractivity contribution is -0.144. The van der Waals surface area contributed by atoms with Crippen molar-refractivity contribution in [3.8, 4) is 22.6 Å². The molecule has 5 aromatic rings. The van der Waals surface area contributed by atoms with Gasteiger partial charge in [0.25, 0.3) is 0 Å². The molecule has 1 atom stereocenters. The second-order valence-electron chi connectivity index (χ2n) is 12.3. The standard InChI is InChI=1S/C38H33Cl2FN4O5/c1-3-49-30-17-31(33(40)34(41)27(30)19-44-38(13-14-38)37(47)48-2)50-29-11-10-24-23(6-4-7-25(24)29)26-8-5-9-28(32(26)39)45-36-35-22(12-15-42-36)16-21(20-46)18-43-35/h4-9,12,15-18,20,29,44H,3,10-11,13-14,19H2,1-2H3,(H,42,45). The number of fused-ring (bicyclic) bond motifs is 2. The Bertz CT molecular complexity index is 2140. The zero-order valence-electron chi connectivity index (χ0n) is 27.3. The number of rotatable bonds is 12.